The summed E-state index contributed by atoms with van der Waals surface area (Å²) in [6, 6.07) is 0. The summed E-state index contributed by atoms with van der Waals surface area (Å²) in [7, 11) is 0. The monoisotopic (exact) mass is 248 g/mol. The van der Waals surface area contributed by atoms with Gasteiger partial charge in [0.2, 0.25) is 11.9 Å². The van der Waals surface area contributed by atoms with Gasteiger partial charge in [-0.25, -0.2) is 4.98 Å². The Morgan fingerprint density at radius 3 is 2.83 bits per heavy atom. The van der Waals surface area contributed by atoms with E-state index >= 15 is 0 Å². The van der Waals surface area contributed by atoms with Gasteiger partial charge in [0.1, 0.15) is 18.0 Å². The minimum absolute atomic E-state index is 0.223. The molecule has 8 nitrogen and oxygen atoms in total. The van der Waals surface area contributed by atoms with E-state index in [1.54, 1.807) is 0 Å². The summed E-state index contributed by atoms with van der Waals surface area (Å²) in [5, 5.41) is 9.52. The van der Waals surface area contributed by atoms with E-state index in [1.165, 1.54) is 6.33 Å². The number of nitrogens with two attached hydrogens (primary N) is 1. The zero-order chi connectivity index (χ0) is 13.0. The van der Waals surface area contributed by atoms with E-state index in [9.17, 15) is 0 Å². The third-order valence-electron chi connectivity index (χ3n) is 2.17. The Morgan fingerprint density at radius 1 is 1.33 bits per heavy atom. The molecule has 8 heteroatoms. The van der Waals surface area contributed by atoms with E-state index in [4.69, 9.17) is 5.73 Å². The molecule has 2 aromatic heterocycles. The molecule has 0 aromatic carbocycles. The summed E-state index contributed by atoms with van der Waals surface area (Å²) in [6.45, 7) is 4.66. The first-order chi connectivity index (χ1) is 8.63. The second kappa shape index (κ2) is 5.39. The molecule has 18 heavy (non-hydrogen) atoms. The molecule has 0 saturated heterocycles. The Hall–Kier alpha value is -2.25. The summed E-state index contributed by atoms with van der Waals surface area (Å²) in [5.41, 5.74) is 5.65. The van der Waals surface area contributed by atoms with Gasteiger partial charge in [-0.3, -0.25) is 5.10 Å². The van der Waals surface area contributed by atoms with Crippen molar-refractivity contribution in [3.05, 3.63) is 18.0 Å². The van der Waals surface area contributed by atoms with Gasteiger partial charge in [0.05, 0.1) is 6.54 Å². The van der Waals surface area contributed by atoms with E-state index in [0.717, 1.165) is 6.42 Å². The van der Waals surface area contributed by atoms with Crippen LogP contribution in [0.5, 0.6) is 0 Å². The van der Waals surface area contributed by atoms with Crippen molar-refractivity contribution in [3.8, 4) is 0 Å². The Balaban J connectivity index is 2.05. The highest BCUT2D eigenvalue weighted by atomic mass is 15.2. The van der Waals surface area contributed by atoms with Gasteiger partial charge in [0, 0.05) is 6.42 Å². The maximum absolute atomic E-state index is 5.65. The predicted molar refractivity (Wildman–Crippen MR) is 66.5 cm³/mol. The number of aromatic amines is 1. The van der Waals surface area contributed by atoms with Crippen LogP contribution in [0.4, 0.5) is 11.9 Å². The highest BCUT2D eigenvalue weighted by molar-refractivity contribution is 5.31. The van der Waals surface area contributed by atoms with Gasteiger partial charge in [0.15, 0.2) is 0 Å². The van der Waals surface area contributed by atoms with E-state index in [0.29, 0.717) is 30.1 Å². The first-order valence-corrected chi connectivity index (χ1v) is 5.72. The minimum atomic E-state index is 0.223. The maximum Gasteiger partial charge on any atom is 0.228 e. The summed E-state index contributed by atoms with van der Waals surface area (Å²) in [4.78, 5) is 16.4. The first kappa shape index (κ1) is 12.2. The lowest BCUT2D eigenvalue weighted by Crippen LogP contribution is -2.11. The predicted octanol–water partition coefficient (Wildman–Crippen LogP) is 0.382. The highest BCUT2D eigenvalue weighted by Crippen LogP contribution is 2.08. The molecular formula is C10H16N8. The fraction of sp³-hybridized carbons (Fsp3) is 0.500. The molecule has 4 N–H and O–H groups in total. The number of hydrogen-bond acceptors (Lipinski definition) is 7. The molecule has 0 fully saturated rings. The van der Waals surface area contributed by atoms with Crippen molar-refractivity contribution < 1.29 is 0 Å². The standard InChI is InChI=1S/C10H16N8/c1-6(2)3-7-15-9(11)17-10(16-7)12-4-8-13-5-14-18-8/h5-6H,3-4H2,1-2H3,(H,13,14,18)(H3,11,12,15,16,17). The Bertz CT molecular complexity index is 493. The van der Waals surface area contributed by atoms with Crippen LogP contribution >= 0.6 is 0 Å². The van der Waals surface area contributed by atoms with Crippen LogP contribution in [-0.2, 0) is 13.0 Å². The number of nitrogens with one attached hydrogen (secondary N) is 2. The van der Waals surface area contributed by atoms with Crippen LogP contribution in [0.15, 0.2) is 6.33 Å². The van der Waals surface area contributed by atoms with Crippen LogP contribution < -0.4 is 11.1 Å². The van der Waals surface area contributed by atoms with Crippen LogP contribution in [0.2, 0.25) is 0 Å². The zero-order valence-electron chi connectivity index (χ0n) is 10.4. The Morgan fingerprint density at radius 2 is 2.17 bits per heavy atom. The van der Waals surface area contributed by atoms with E-state index in [-0.39, 0.29) is 5.95 Å². The largest absolute Gasteiger partial charge is 0.368 e. The van der Waals surface area contributed by atoms with Crippen molar-refractivity contribution in [1.82, 2.24) is 30.1 Å². The van der Waals surface area contributed by atoms with Crippen molar-refractivity contribution in [3.63, 3.8) is 0 Å². The summed E-state index contributed by atoms with van der Waals surface area (Å²) < 4.78 is 0. The molecule has 0 atom stereocenters. The van der Waals surface area contributed by atoms with E-state index in [1.807, 2.05) is 0 Å². The van der Waals surface area contributed by atoms with Gasteiger partial charge in [0.25, 0.3) is 0 Å². The summed E-state index contributed by atoms with van der Waals surface area (Å²) in [6.07, 6.45) is 2.21. The normalized spacial score (nSPS) is 10.8. The van der Waals surface area contributed by atoms with Crippen LogP contribution in [0.3, 0.4) is 0 Å². The molecule has 0 aliphatic heterocycles. The van der Waals surface area contributed by atoms with Crippen molar-refractivity contribution in [2.75, 3.05) is 11.1 Å². The molecule has 0 unspecified atom stereocenters. The third-order valence-corrected chi connectivity index (χ3v) is 2.17. The van der Waals surface area contributed by atoms with Crippen LogP contribution in [-0.4, -0.2) is 30.1 Å². The number of rotatable bonds is 5. The smallest absolute Gasteiger partial charge is 0.228 e. The summed E-state index contributed by atoms with van der Waals surface area (Å²) in [5.74, 6) is 2.54. The Kier molecular flexibility index (Phi) is 3.66. The van der Waals surface area contributed by atoms with E-state index in [2.05, 4.69) is 49.3 Å². The minimum Gasteiger partial charge on any atom is -0.368 e. The number of H-pyrrole nitrogens is 1. The maximum atomic E-state index is 5.65. The summed E-state index contributed by atoms with van der Waals surface area (Å²) >= 11 is 0. The van der Waals surface area contributed by atoms with Crippen LogP contribution in [0, 0.1) is 5.92 Å². The quantitative estimate of drug-likeness (QED) is 0.700. The van der Waals surface area contributed by atoms with E-state index < -0.39 is 0 Å². The second-order valence-corrected chi connectivity index (χ2v) is 4.32. The highest BCUT2D eigenvalue weighted by Gasteiger charge is 2.06. The second-order valence-electron chi connectivity index (χ2n) is 4.32. The number of nitrogen functional groups attached to an aromatic ring is 1. The number of anilines is 2. The molecule has 0 aliphatic carbocycles. The molecule has 0 aliphatic rings. The van der Waals surface area contributed by atoms with Crippen molar-refractivity contribution in [2.45, 2.75) is 26.8 Å². The number of nitrogens with zero attached hydrogens (tertiary/aromatic N) is 5. The number of aromatic nitrogens is 6. The SMILES string of the molecule is CC(C)Cc1nc(N)nc(NCc2ncn[nH]2)n1. The van der Waals surface area contributed by atoms with Crippen LogP contribution in [0.25, 0.3) is 0 Å². The topological polar surface area (TPSA) is 118 Å². The first-order valence-electron chi connectivity index (χ1n) is 5.72. The lowest BCUT2D eigenvalue weighted by molar-refractivity contribution is 0.619. The average Bonchev–Trinajstić information content (AvgIpc) is 2.77. The molecule has 2 heterocycles. The molecular weight excluding hydrogens is 232 g/mol. The molecule has 0 bridgehead atoms. The van der Waals surface area contributed by atoms with Gasteiger partial charge >= 0.3 is 0 Å². The van der Waals surface area contributed by atoms with Gasteiger partial charge in [-0.15, -0.1) is 0 Å². The lowest BCUT2D eigenvalue weighted by Gasteiger charge is -2.07. The van der Waals surface area contributed by atoms with Crippen LogP contribution in [0.1, 0.15) is 25.5 Å². The van der Waals surface area contributed by atoms with Crippen molar-refractivity contribution >= 4 is 11.9 Å². The fourth-order valence-corrected chi connectivity index (χ4v) is 1.45. The van der Waals surface area contributed by atoms with Gasteiger partial charge in [-0.2, -0.15) is 20.1 Å². The molecule has 0 radical (unpaired) electrons. The van der Waals surface area contributed by atoms with Gasteiger partial charge in [-0.05, 0) is 5.92 Å². The number of hydrogen-bond donors (Lipinski definition) is 3. The van der Waals surface area contributed by atoms with Crippen molar-refractivity contribution in [2.24, 2.45) is 5.92 Å². The molecule has 96 valence electrons. The molecule has 0 amide bonds. The molecule has 0 spiro atoms. The van der Waals surface area contributed by atoms with Gasteiger partial charge in [-0.1, -0.05) is 13.8 Å². The van der Waals surface area contributed by atoms with Gasteiger partial charge < -0.3 is 11.1 Å². The average molecular weight is 248 g/mol. The third kappa shape index (κ3) is 3.37. The molecule has 2 aromatic rings. The Labute approximate surface area is 104 Å². The lowest BCUT2D eigenvalue weighted by atomic mass is 10.1. The van der Waals surface area contributed by atoms with Crippen molar-refractivity contribution in [1.29, 1.82) is 0 Å². The molecule has 2 rings (SSSR count). The fourth-order valence-electron chi connectivity index (χ4n) is 1.45. The zero-order valence-corrected chi connectivity index (χ0v) is 10.4. The molecule has 0 saturated carbocycles.